The molecule has 0 bridgehead atoms. The lowest BCUT2D eigenvalue weighted by Crippen LogP contribution is -2.36. The molecule has 4 aromatic rings. The standard InChI is InChI=1S/C31H19N3O10S/c1-44-15-9-14(35)18-19(23(15)36)25(38)21-20(24(18)37)27(40)31(28(21)41)5-4-11-7-12-8-13(33-30(43)17(12)26(39)22(11)31)10-32-34-29(42)16-3-2-6-45-16/h2-3,6-10,37-39H,4-5H2,1H3,(H,33,43)(H,34,42)/b32-10+. The lowest BCUT2D eigenvalue weighted by Gasteiger charge is -2.22. The summed E-state index contributed by atoms with van der Waals surface area (Å²) in [7, 11) is 1.13. The summed E-state index contributed by atoms with van der Waals surface area (Å²) in [6.45, 7) is 0. The maximum atomic E-state index is 14.1. The zero-order valence-electron chi connectivity index (χ0n) is 23.0. The zero-order valence-corrected chi connectivity index (χ0v) is 23.8. The summed E-state index contributed by atoms with van der Waals surface area (Å²) in [6, 6.07) is 6.34. The van der Waals surface area contributed by atoms with Gasteiger partial charge in [0.15, 0.2) is 23.1 Å². The number of phenolic OH excluding ortho intramolecular Hbond substituents is 3. The topological polar surface area (TPSA) is 213 Å². The minimum absolute atomic E-state index is 0.0892. The first-order valence-electron chi connectivity index (χ1n) is 13.4. The van der Waals surface area contributed by atoms with E-state index < -0.39 is 85.3 Å². The summed E-state index contributed by atoms with van der Waals surface area (Å²) in [5, 5.41) is 39.3. The number of aryl methyl sites for hydroxylation is 1. The first kappa shape index (κ1) is 27.9. The lowest BCUT2D eigenvalue weighted by molar-refractivity contribution is 0.0790. The van der Waals surface area contributed by atoms with Gasteiger partial charge in [0, 0.05) is 11.6 Å². The molecule has 224 valence electrons. The number of ether oxygens (including phenoxy) is 1. The van der Waals surface area contributed by atoms with E-state index in [1.165, 1.54) is 29.7 Å². The Bertz CT molecular complexity index is 2230. The molecule has 1 unspecified atom stereocenters. The normalized spacial score (nSPS) is 18.5. The number of methoxy groups -OCH3 is 1. The van der Waals surface area contributed by atoms with Gasteiger partial charge in [-0.15, -0.1) is 11.3 Å². The number of hydrogen-bond acceptors (Lipinski definition) is 12. The molecule has 13 nitrogen and oxygen atoms in total. The van der Waals surface area contributed by atoms with E-state index in [9.17, 15) is 44.1 Å². The lowest BCUT2D eigenvalue weighted by atomic mass is 9.76. The van der Waals surface area contributed by atoms with Gasteiger partial charge in [0.25, 0.3) is 11.5 Å². The van der Waals surface area contributed by atoms with Crippen LogP contribution in [0.5, 0.6) is 17.2 Å². The van der Waals surface area contributed by atoms with Crippen LogP contribution >= 0.6 is 11.3 Å². The second-order valence-corrected chi connectivity index (χ2v) is 11.6. The van der Waals surface area contributed by atoms with Gasteiger partial charge in [0.1, 0.15) is 22.7 Å². The number of nitrogens with zero attached hydrogens (tertiary/aromatic N) is 1. The van der Waals surface area contributed by atoms with Crippen molar-refractivity contribution in [2.45, 2.75) is 18.3 Å². The number of carbonyl (C=O) groups is 5. The Labute approximate surface area is 255 Å². The number of Topliss-reactive ketones (excluding diaryl/α,β-unsaturated/α-hetero) is 3. The van der Waals surface area contributed by atoms with Crippen molar-refractivity contribution < 1.29 is 44.0 Å². The van der Waals surface area contributed by atoms with Crippen molar-refractivity contribution in [1.82, 2.24) is 10.4 Å². The van der Waals surface area contributed by atoms with E-state index >= 15 is 0 Å². The van der Waals surface area contributed by atoms with Crippen LogP contribution in [0.2, 0.25) is 0 Å². The fourth-order valence-electron chi connectivity index (χ4n) is 6.45. The predicted molar refractivity (Wildman–Crippen MR) is 158 cm³/mol. The fourth-order valence-corrected chi connectivity index (χ4v) is 7.06. The van der Waals surface area contributed by atoms with Gasteiger partial charge in [-0.1, -0.05) is 12.1 Å². The Balaban J connectivity index is 1.33. The number of allylic oxidation sites excluding steroid dienone is 2. The van der Waals surface area contributed by atoms with Crippen LogP contribution < -0.4 is 11.0 Å². The van der Waals surface area contributed by atoms with Gasteiger partial charge in [-0.25, -0.2) is 5.43 Å². The molecule has 7 rings (SSSR count). The number of nitrogens with one attached hydrogen (secondary N) is 2. The SMILES string of the molecule is COC1=CC(=O)c2c(O)c3c(c(O)c2C1=O)C(=O)C1(CCc2cc4cc(/C=N/NC(=O)c5cccs5)[nH]c(=O)c4c(O)c21)C3=O. The Morgan fingerprint density at radius 1 is 1.02 bits per heavy atom. The van der Waals surface area contributed by atoms with E-state index in [-0.39, 0.29) is 34.9 Å². The van der Waals surface area contributed by atoms with Crippen LogP contribution in [0, 0.1) is 0 Å². The smallest absolute Gasteiger partial charge is 0.281 e. The first-order chi connectivity index (χ1) is 21.5. The number of thiophene rings is 1. The highest BCUT2D eigenvalue weighted by molar-refractivity contribution is 7.12. The molecule has 0 saturated carbocycles. The van der Waals surface area contributed by atoms with Gasteiger partial charge in [-0.2, -0.15) is 5.10 Å². The van der Waals surface area contributed by atoms with Crippen LogP contribution in [-0.2, 0) is 16.6 Å². The molecule has 2 aromatic carbocycles. The summed E-state index contributed by atoms with van der Waals surface area (Å²) in [5.74, 6) is -7.31. The van der Waals surface area contributed by atoms with Gasteiger partial charge in [-0.05, 0) is 41.3 Å². The Morgan fingerprint density at radius 3 is 2.40 bits per heavy atom. The van der Waals surface area contributed by atoms with Crippen LogP contribution in [0.15, 0.2) is 51.4 Å². The Morgan fingerprint density at radius 2 is 1.73 bits per heavy atom. The summed E-state index contributed by atoms with van der Waals surface area (Å²) in [5.41, 5.74) is -2.83. The monoisotopic (exact) mass is 625 g/mol. The molecule has 0 radical (unpaired) electrons. The van der Waals surface area contributed by atoms with Gasteiger partial charge < -0.3 is 25.0 Å². The molecule has 5 N–H and O–H groups in total. The molecule has 0 fully saturated rings. The van der Waals surface area contributed by atoms with Gasteiger partial charge >= 0.3 is 0 Å². The number of ketones is 4. The van der Waals surface area contributed by atoms with Crippen molar-refractivity contribution in [2.24, 2.45) is 5.10 Å². The number of aromatic nitrogens is 1. The second kappa shape index (κ2) is 9.56. The molecule has 1 spiro atoms. The highest BCUT2D eigenvalue weighted by Gasteiger charge is 2.61. The van der Waals surface area contributed by atoms with Crippen molar-refractivity contribution in [3.8, 4) is 17.2 Å². The zero-order chi connectivity index (χ0) is 31.9. The molecule has 3 aliphatic carbocycles. The average Bonchev–Trinajstić information content (AvgIpc) is 3.72. The Hall–Kier alpha value is -5.89. The fraction of sp³-hybridized carbons (Fsp3) is 0.129. The molecule has 2 heterocycles. The molecular formula is C31H19N3O10S. The quantitative estimate of drug-likeness (QED) is 0.0968. The van der Waals surface area contributed by atoms with E-state index in [0.717, 1.165) is 13.2 Å². The van der Waals surface area contributed by atoms with Gasteiger partial charge in [-0.3, -0.25) is 28.8 Å². The molecule has 1 atom stereocenters. The first-order valence-corrected chi connectivity index (χ1v) is 14.2. The number of benzene rings is 2. The molecule has 45 heavy (non-hydrogen) atoms. The number of hydrogen-bond donors (Lipinski definition) is 5. The largest absolute Gasteiger partial charge is 0.507 e. The van der Waals surface area contributed by atoms with Crippen LogP contribution in [0.25, 0.3) is 10.8 Å². The highest BCUT2D eigenvalue weighted by atomic mass is 32.1. The van der Waals surface area contributed by atoms with Gasteiger partial charge in [0.2, 0.25) is 5.78 Å². The number of hydrazone groups is 1. The van der Waals surface area contributed by atoms with Crippen molar-refractivity contribution in [2.75, 3.05) is 7.11 Å². The molecule has 14 heteroatoms. The molecule has 3 aliphatic rings. The summed E-state index contributed by atoms with van der Waals surface area (Å²) < 4.78 is 4.91. The number of carbonyl (C=O) groups excluding carboxylic acids is 5. The molecule has 1 amide bonds. The Kier molecular flexibility index (Phi) is 5.93. The summed E-state index contributed by atoms with van der Waals surface area (Å²) in [4.78, 5) is 82.2. The van der Waals surface area contributed by atoms with Crippen molar-refractivity contribution in [3.63, 3.8) is 0 Å². The second-order valence-electron chi connectivity index (χ2n) is 10.6. The third kappa shape index (κ3) is 3.62. The maximum Gasteiger partial charge on any atom is 0.281 e. The third-order valence-electron chi connectivity index (χ3n) is 8.38. The number of rotatable bonds is 4. The molecule has 0 aliphatic heterocycles. The number of aromatic amines is 1. The molecule has 0 saturated heterocycles. The van der Waals surface area contributed by atoms with Crippen LogP contribution in [0.3, 0.4) is 0 Å². The highest BCUT2D eigenvalue weighted by Crippen LogP contribution is 2.57. The van der Waals surface area contributed by atoms with Crippen LogP contribution in [0.4, 0.5) is 0 Å². The van der Waals surface area contributed by atoms with Crippen LogP contribution in [0.1, 0.15) is 74.3 Å². The number of H-pyrrole nitrogens is 1. The average molecular weight is 626 g/mol. The number of pyridine rings is 1. The number of phenols is 3. The number of aromatic hydroxyl groups is 3. The van der Waals surface area contributed by atoms with Crippen molar-refractivity contribution >= 4 is 57.4 Å². The van der Waals surface area contributed by atoms with E-state index in [1.54, 1.807) is 17.5 Å². The number of fused-ring (bicyclic) bond motifs is 5. The minimum atomic E-state index is -2.14. The molecule has 2 aromatic heterocycles. The van der Waals surface area contributed by atoms with E-state index in [2.05, 4.69) is 15.5 Å². The van der Waals surface area contributed by atoms with E-state index in [0.29, 0.717) is 10.4 Å². The molecular weight excluding hydrogens is 606 g/mol. The van der Waals surface area contributed by atoms with Crippen molar-refractivity contribution in [3.05, 3.63) is 95.8 Å². The van der Waals surface area contributed by atoms with E-state index in [1.807, 2.05) is 0 Å². The van der Waals surface area contributed by atoms with Crippen molar-refractivity contribution in [1.29, 1.82) is 0 Å². The number of amides is 1. The summed E-state index contributed by atoms with van der Waals surface area (Å²) in [6.07, 6.45) is 1.91. The third-order valence-corrected chi connectivity index (χ3v) is 9.24. The van der Waals surface area contributed by atoms with Crippen LogP contribution in [-0.4, -0.2) is 62.7 Å². The maximum absolute atomic E-state index is 14.1. The van der Waals surface area contributed by atoms with E-state index in [4.69, 9.17) is 4.74 Å². The summed E-state index contributed by atoms with van der Waals surface area (Å²) >= 11 is 1.22. The minimum Gasteiger partial charge on any atom is -0.507 e. The van der Waals surface area contributed by atoms with Gasteiger partial charge in [0.05, 0.1) is 51.5 Å². The predicted octanol–water partition coefficient (Wildman–Crippen LogP) is 2.64.